The second-order valence-corrected chi connectivity index (χ2v) is 1.28. The molecule has 0 aromatic carbocycles. The maximum atomic E-state index is 4.80. The normalized spacial score (nSPS) is 19.8. The Balaban J connectivity index is 2.15. The first-order chi connectivity index (χ1) is 2.93. The molecule has 0 aromatic rings. The number of nitrogens with zero attached hydrogens (tertiary/aromatic N) is 1. The molecule has 0 saturated carbocycles. The van der Waals surface area contributed by atoms with Gasteiger partial charge in [0.1, 0.15) is 0 Å². The Hall–Kier alpha value is -0.305. The van der Waals surface area contributed by atoms with Crippen LogP contribution in [0.5, 0.6) is 0 Å². The molecule has 3 heteroatoms. The van der Waals surface area contributed by atoms with Gasteiger partial charge in [-0.25, -0.2) is 0 Å². The van der Waals surface area contributed by atoms with Crippen LogP contribution < -0.4 is 0 Å². The Kier molecular flexibility index (Phi) is 0.923. The van der Waals surface area contributed by atoms with Crippen molar-refractivity contribution in [1.29, 1.82) is 0 Å². The van der Waals surface area contributed by atoms with Gasteiger partial charge < -0.3 is 9.65 Å². The lowest BCUT2D eigenvalue weighted by Crippen LogP contribution is -1.89. The lowest BCUT2D eigenvalue weighted by molar-refractivity contribution is 0.563. The van der Waals surface area contributed by atoms with Crippen LogP contribution in [0.1, 0.15) is 0 Å². The van der Waals surface area contributed by atoms with Crippen LogP contribution in [0.25, 0.3) is 0 Å². The molecule has 1 aliphatic heterocycles. The summed E-state index contributed by atoms with van der Waals surface area (Å²) in [6.45, 7) is 1.23. The van der Waals surface area contributed by atoms with E-state index in [9.17, 15) is 0 Å². The second-order valence-electron chi connectivity index (χ2n) is 1.28. The zero-order chi connectivity index (χ0) is 4.41. The fraction of sp³-hybridized carbons (Fsp3) is 0.667. The van der Waals surface area contributed by atoms with Crippen molar-refractivity contribution >= 4 is 13.0 Å². The van der Waals surface area contributed by atoms with E-state index in [1.165, 1.54) is 0 Å². The summed E-state index contributed by atoms with van der Waals surface area (Å²) >= 11 is 0. The molecule has 1 aliphatic rings. The molecular weight excluding hydrogens is 76.9 g/mol. The Morgan fingerprint density at radius 2 is 2.67 bits per heavy atom. The Labute approximate surface area is 37.3 Å². The fourth-order valence-electron chi connectivity index (χ4n) is 0.308. The van der Waals surface area contributed by atoms with Crippen LogP contribution in [0.4, 0.5) is 0 Å². The molecule has 32 valence electrons. The van der Waals surface area contributed by atoms with Gasteiger partial charge in [0, 0.05) is 13.6 Å². The maximum Gasteiger partial charge on any atom is 0.362 e. The Morgan fingerprint density at radius 1 is 2.00 bits per heavy atom. The molecule has 0 amide bonds. The van der Waals surface area contributed by atoms with E-state index in [1.54, 1.807) is 13.2 Å². The minimum atomic E-state index is 0.356. The van der Waals surface area contributed by atoms with Crippen LogP contribution in [0, 0.1) is 0 Å². The van der Waals surface area contributed by atoms with Crippen molar-refractivity contribution in [3.63, 3.8) is 0 Å². The summed E-state index contributed by atoms with van der Waals surface area (Å²) in [6, 6.07) is 0. The van der Waals surface area contributed by atoms with Gasteiger partial charge in [-0.1, -0.05) is 0 Å². The van der Waals surface area contributed by atoms with Crippen molar-refractivity contribution in [2.45, 2.75) is 0 Å². The van der Waals surface area contributed by atoms with E-state index in [1.807, 2.05) is 0 Å². The van der Waals surface area contributed by atoms with Gasteiger partial charge in [-0.3, -0.25) is 0 Å². The van der Waals surface area contributed by atoms with Crippen LogP contribution in [0.15, 0.2) is 4.99 Å². The Bertz CT molecular complexity index is 69.2. The molecular formula is C3H6BNO. The first-order valence-corrected chi connectivity index (χ1v) is 1.97. The van der Waals surface area contributed by atoms with Gasteiger partial charge in [0.05, 0.1) is 0 Å². The van der Waals surface area contributed by atoms with Gasteiger partial charge in [-0.2, -0.15) is 0 Å². The molecule has 0 aromatic heterocycles. The van der Waals surface area contributed by atoms with E-state index in [2.05, 4.69) is 4.99 Å². The summed E-state index contributed by atoms with van der Waals surface area (Å²) in [7, 11) is 1.75. The minimum absolute atomic E-state index is 0.356. The van der Waals surface area contributed by atoms with Gasteiger partial charge in [0.2, 0.25) is 0 Å². The summed E-state index contributed by atoms with van der Waals surface area (Å²) in [5.41, 5.74) is 0. The van der Waals surface area contributed by atoms with Gasteiger partial charge >= 0.3 is 6.92 Å². The highest BCUT2D eigenvalue weighted by atomic mass is 16.5. The quantitative estimate of drug-likeness (QED) is 0.244. The predicted molar refractivity (Wildman–Crippen MR) is 26.1 cm³/mol. The van der Waals surface area contributed by atoms with Crippen LogP contribution in [0.2, 0.25) is 0 Å². The Morgan fingerprint density at radius 3 is 2.83 bits per heavy atom. The molecule has 2 nitrogen and oxygen atoms in total. The van der Waals surface area contributed by atoms with E-state index in [-0.39, 0.29) is 0 Å². The van der Waals surface area contributed by atoms with Crippen molar-refractivity contribution in [2.24, 2.45) is 4.99 Å². The lowest BCUT2D eigenvalue weighted by Gasteiger charge is -1.62. The highest BCUT2D eigenvalue weighted by Gasteiger charge is 2.25. The molecule has 0 atom stereocenters. The summed E-state index contributed by atoms with van der Waals surface area (Å²) in [5, 5.41) is 0. The predicted octanol–water partition coefficient (Wildman–Crippen LogP) is -0.213. The van der Waals surface area contributed by atoms with Crippen molar-refractivity contribution in [3.05, 3.63) is 0 Å². The van der Waals surface area contributed by atoms with Crippen molar-refractivity contribution in [3.8, 4) is 0 Å². The zero-order valence-corrected chi connectivity index (χ0v) is 3.72. The molecule has 0 radical (unpaired) electrons. The van der Waals surface area contributed by atoms with E-state index >= 15 is 0 Å². The van der Waals surface area contributed by atoms with E-state index in [0.717, 1.165) is 6.51 Å². The van der Waals surface area contributed by atoms with Gasteiger partial charge in [0.25, 0.3) is 0 Å². The third-order valence-corrected chi connectivity index (χ3v) is 0.674. The standard InChI is InChI=1S/C3H6BNO/c1-5-2-4-3-6-4/h2H,3H2,1H3. The summed E-state index contributed by atoms with van der Waals surface area (Å²) in [4.78, 5) is 3.75. The number of hydrogen-bond donors (Lipinski definition) is 0. The number of aliphatic imine (C=N–C) groups is 1. The SMILES string of the molecule is CN=CB1CO1. The van der Waals surface area contributed by atoms with E-state index in [0.29, 0.717) is 6.92 Å². The largest absolute Gasteiger partial charge is 0.433 e. The average Bonchev–Trinajstić information content (AvgIpc) is 2.21. The van der Waals surface area contributed by atoms with Gasteiger partial charge in [-0.05, 0) is 6.11 Å². The first kappa shape index (κ1) is 3.87. The third-order valence-electron chi connectivity index (χ3n) is 0.674. The van der Waals surface area contributed by atoms with Gasteiger partial charge in [0.15, 0.2) is 0 Å². The highest BCUT2D eigenvalue weighted by molar-refractivity contribution is 6.86. The lowest BCUT2D eigenvalue weighted by atomic mass is 9.82. The summed E-state index contributed by atoms with van der Waals surface area (Å²) in [6.07, 6.45) is 1.81. The molecule has 0 N–H and O–H groups in total. The first-order valence-electron chi connectivity index (χ1n) is 1.97. The van der Waals surface area contributed by atoms with Crippen molar-refractivity contribution in [1.82, 2.24) is 0 Å². The molecule has 6 heavy (non-hydrogen) atoms. The van der Waals surface area contributed by atoms with Crippen LogP contribution in [-0.2, 0) is 4.65 Å². The fourth-order valence-corrected chi connectivity index (χ4v) is 0.308. The van der Waals surface area contributed by atoms with E-state index < -0.39 is 0 Å². The van der Waals surface area contributed by atoms with Crippen LogP contribution in [0.3, 0.4) is 0 Å². The monoisotopic (exact) mass is 83.1 g/mol. The average molecular weight is 82.9 g/mol. The molecule has 0 aliphatic carbocycles. The zero-order valence-electron chi connectivity index (χ0n) is 3.72. The number of rotatable bonds is 1. The second kappa shape index (κ2) is 1.43. The molecule has 0 spiro atoms. The van der Waals surface area contributed by atoms with Crippen LogP contribution in [-0.4, -0.2) is 26.6 Å². The maximum absolute atomic E-state index is 4.80. The van der Waals surface area contributed by atoms with Gasteiger partial charge in [-0.15, -0.1) is 0 Å². The molecule has 1 saturated heterocycles. The summed E-state index contributed by atoms with van der Waals surface area (Å²) < 4.78 is 4.80. The molecule has 0 bridgehead atoms. The smallest absolute Gasteiger partial charge is 0.362 e. The minimum Gasteiger partial charge on any atom is -0.433 e. The van der Waals surface area contributed by atoms with Crippen molar-refractivity contribution in [2.75, 3.05) is 13.6 Å². The molecule has 1 fully saturated rings. The van der Waals surface area contributed by atoms with Crippen molar-refractivity contribution < 1.29 is 4.65 Å². The topological polar surface area (TPSA) is 24.9 Å². The number of hydrogen-bond acceptors (Lipinski definition) is 2. The molecule has 1 heterocycles. The van der Waals surface area contributed by atoms with Crippen LogP contribution >= 0.6 is 0 Å². The summed E-state index contributed by atoms with van der Waals surface area (Å²) in [5.74, 6) is 0. The highest BCUT2D eigenvalue weighted by Crippen LogP contribution is 1.97. The third kappa shape index (κ3) is 0.827. The molecule has 0 unspecified atom stereocenters. The van der Waals surface area contributed by atoms with E-state index in [4.69, 9.17) is 4.65 Å². The molecule has 1 rings (SSSR count).